The number of benzene rings is 2. The summed E-state index contributed by atoms with van der Waals surface area (Å²) < 4.78 is 0. The van der Waals surface area contributed by atoms with E-state index < -0.39 is 47.9 Å². The quantitative estimate of drug-likeness (QED) is 0.0425. The van der Waals surface area contributed by atoms with Gasteiger partial charge in [-0.1, -0.05) is 30.3 Å². The smallest absolute Gasteiger partial charge is 0.326 e. The van der Waals surface area contributed by atoms with E-state index in [0.717, 1.165) is 16.5 Å². The number of H-pyrrole nitrogens is 1. The molecule has 0 spiro atoms. The molecule has 0 saturated carbocycles. The van der Waals surface area contributed by atoms with E-state index >= 15 is 0 Å². The van der Waals surface area contributed by atoms with Crippen LogP contribution in [0, 0.1) is 0 Å². The van der Waals surface area contributed by atoms with Gasteiger partial charge in [-0.25, -0.2) is 4.79 Å². The fraction of sp³-hybridized carbons (Fsp3) is 0.345. The number of phenolic OH excluding ortho intramolecular Hbond substituents is 1. The lowest BCUT2D eigenvalue weighted by molar-refractivity contribution is -0.142. The molecule has 0 bridgehead atoms. The summed E-state index contributed by atoms with van der Waals surface area (Å²) in [6.45, 7) is 0.192. The fourth-order valence-corrected chi connectivity index (χ4v) is 4.74. The molecule has 12 N–H and O–H groups in total. The summed E-state index contributed by atoms with van der Waals surface area (Å²) in [6, 6.07) is 8.84. The number of rotatable bonds is 16. The Bertz CT molecular complexity index is 1470. The molecule has 15 heteroatoms. The fourth-order valence-electron chi connectivity index (χ4n) is 4.49. The van der Waals surface area contributed by atoms with Gasteiger partial charge < -0.3 is 48.3 Å². The van der Waals surface area contributed by atoms with Gasteiger partial charge in [-0.05, 0) is 48.6 Å². The summed E-state index contributed by atoms with van der Waals surface area (Å²) in [4.78, 5) is 58.3. The highest BCUT2D eigenvalue weighted by molar-refractivity contribution is 7.80. The minimum Gasteiger partial charge on any atom is -0.508 e. The van der Waals surface area contributed by atoms with E-state index in [2.05, 4.69) is 38.6 Å². The molecule has 0 fully saturated rings. The van der Waals surface area contributed by atoms with Gasteiger partial charge in [0.2, 0.25) is 17.7 Å². The lowest BCUT2D eigenvalue weighted by atomic mass is 10.0. The van der Waals surface area contributed by atoms with E-state index in [4.69, 9.17) is 17.2 Å². The molecule has 0 radical (unpaired) electrons. The van der Waals surface area contributed by atoms with Crippen molar-refractivity contribution in [1.82, 2.24) is 20.9 Å². The number of carbonyl (C=O) groups is 4. The molecule has 14 nitrogen and oxygen atoms in total. The lowest BCUT2D eigenvalue weighted by Gasteiger charge is -2.24. The normalized spacial score (nSPS) is 13.7. The van der Waals surface area contributed by atoms with Crippen molar-refractivity contribution < 1.29 is 29.4 Å². The molecule has 1 aromatic heterocycles. The summed E-state index contributed by atoms with van der Waals surface area (Å²) >= 11 is 4.17. The predicted octanol–water partition coefficient (Wildman–Crippen LogP) is -0.492. The van der Waals surface area contributed by atoms with Gasteiger partial charge in [0.1, 0.15) is 23.9 Å². The van der Waals surface area contributed by atoms with Crippen LogP contribution in [0.5, 0.6) is 5.75 Å². The molecule has 2 aromatic carbocycles. The maximum atomic E-state index is 13.3. The van der Waals surface area contributed by atoms with Crippen molar-refractivity contribution in [2.75, 3.05) is 12.3 Å². The highest BCUT2D eigenvalue weighted by Crippen LogP contribution is 2.19. The molecule has 0 aliphatic heterocycles. The summed E-state index contributed by atoms with van der Waals surface area (Å²) in [5.74, 6) is -3.60. The number of aromatic hydroxyl groups is 1. The molecule has 44 heavy (non-hydrogen) atoms. The minimum atomic E-state index is -1.32. The Hall–Kier alpha value is -4.76. The van der Waals surface area contributed by atoms with Gasteiger partial charge in [0.05, 0.1) is 6.04 Å². The van der Waals surface area contributed by atoms with Gasteiger partial charge in [-0.3, -0.25) is 19.4 Å². The third-order valence-corrected chi connectivity index (χ3v) is 7.20. The SMILES string of the molecule is NC(N)=NCCCC(NC(=O)C(N)Cc1c[nH]c2ccccc12)C(=O)NC(CS)C(=O)NC(Cc1ccc(O)cc1)C(=O)O. The second-order valence-electron chi connectivity index (χ2n) is 10.2. The Morgan fingerprint density at radius 1 is 0.886 bits per heavy atom. The number of para-hydroxylation sites is 1. The average Bonchev–Trinajstić information content (AvgIpc) is 3.40. The molecule has 3 aromatic rings. The first-order valence-corrected chi connectivity index (χ1v) is 14.5. The number of carboxylic acids is 1. The highest BCUT2D eigenvalue weighted by atomic mass is 32.1. The number of thiol groups is 1. The number of guanidine groups is 1. The van der Waals surface area contributed by atoms with Crippen molar-refractivity contribution in [2.45, 2.75) is 49.9 Å². The number of nitrogens with zero attached hydrogens (tertiary/aromatic N) is 1. The van der Waals surface area contributed by atoms with Gasteiger partial charge in [-0.2, -0.15) is 12.6 Å². The molecule has 3 rings (SSSR count). The molecule has 0 saturated heterocycles. The molecular weight excluding hydrogens is 588 g/mol. The second kappa shape index (κ2) is 16.2. The number of aliphatic imine (C=N–C) groups is 1. The molecule has 236 valence electrons. The lowest BCUT2D eigenvalue weighted by Crippen LogP contribution is -2.58. The average molecular weight is 627 g/mol. The van der Waals surface area contributed by atoms with Crippen LogP contribution in [-0.4, -0.2) is 81.3 Å². The van der Waals surface area contributed by atoms with Crippen LogP contribution >= 0.6 is 12.6 Å². The number of hydrogen-bond acceptors (Lipinski definition) is 8. The Labute approximate surface area is 259 Å². The van der Waals surface area contributed by atoms with E-state index in [1.165, 1.54) is 24.3 Å². The summed E-state index contributed by atoms with van der Waals surface area (Å²) in [7, 11) is 0. The third kappa shape index (κ3) is 9.91. The van der Waals surface area contributed by atoms with E-state index in [0.29, 0.717) is 12.0 Å². The number of nitrogens with one attached hydrogen (secondary N) is 4. The van der Waals surface area contributed by atoms with E-state index in [1.54, 1.807) is 6.20 Å². The Morgan fingerprint density at radius 2 is 1.52 bits per heavy atom. The predicted molar refractivity (Wildman–Crippen MR) is 169 cm³/mol. The number of fused-ring (bicyclic) bond motifs is 1. The molecule has 0 aliphatic rings. The molecule has 0 aliphatic carbocycles. The number of phenols is 1. The zero-order valence-corrected chi connectivity index (χ0v) is 24.8. The Morgan fingerprint density at radius 3 is 2.18 bits per heavy atom. The number of amides is 3. The number of carboxylic acid groups (broad SMARTS) is 1. The van der Waals surface area contributed by atoms with Crippen molar-refractivity contribution in [3.05, 3.63) is 65.9 Å². The van der Waals surface area contributed by atoms with E-state index in [1.807, 2.05) is 24.3 Å². The van der Waals surface area contributed by atoms with Crippen molar-refractivity contribution in [3.63, 3.8) is 0 Å². The Kier molecular flexibility index (Phi) is 12.4. The van der Waals surface area contributed by atoms with Crippen LogP contribution in [0.25, 0.3) is 10.9 Å². The largest absolute Gasteiger partial charge is 0.508 e. The number of aliphatic carboxylic acids is 1. The van der Waals surface area contributed by atoms with Gasteiger partial charge in [0.25, 0.3) is 0 Å². The summed E-state index contributed by atoms with van der Waals surface area (Å²) in [5, 5.41) is 27.7. The molecule has 4 atom stereocenters. The van der Waals surface area contributed by atoms with Gasteiger partial charge >= 0.3 is 5.97 Å². The van der Waals surface area contributed by atoms with Crippen LogP contribution in [0.3, 0.4) is 0 Å². The van der Waals surface area contributed by atoms with Crippen molar-refractivity contribution >= 4 is 53.2 Å². The van der Waals surface area contributed by atoms with Crippen LogP contribution in [0.4, 0.5) is 0 Å². The van der Waals surface area contributed by atoms with Crippen LogP contribution < -0.4 is 33.2 Å². The van der Waals surface area contributed by atoms with Crippen LogP contribution in [0.15, 0.2) is 59.7 Å². The Balaban J connectivity index is 1.67. The molecule has 1 heterocycles. The number of aromatic nitrogens is 1. The maximum Gasteiger partial charge on any atom is 0.326 e. The zero-order chi connectivity index (χ0) is 32.2. The second-order valence-corrected chi connectivity index (χ2v) is 10.6. The van der Waals surface area contributed by atoms with Gasteiger partial charge in [0.15, 0.2) is 5.96 Å². The van der Waals surface area contributed by atoms with Gasteiger partial charge in [0, 0.05) is 35.8 Å². The van der Waals surface area contributed by atoms with Gasteiger partial charge in [-0.15, -0.1) is 0 Å². The third-order valence-electron chi connectivity index (χ3n) is 6.84. The standard InChI is InChI=1S/C29H38N8O6S/c30-20(13-17-14-34-21-5-2-1-4-19(17)21)25(39)35-22(6-3-11-33-29(31)32)26(40)37-24(15-44)27(41)36-23(28(42)43)12-16-7-9-18(38)10-8-16/h1-2,4-5,7-10,14,20,22-24,34,38,44H,3,6,11-13,15,30H2,(H,35,39)(H,36,41)(H,37,40)(H,42,43)(H4,31,32,33). The number of aromatic amines is 1. The zero-order valence-electron chi connectivity index (χ0n) is 23.9. The van der Waals surface area contributed by atoms with Crippen molar-refractivity contribution in [1.29, 1.82) is 0 Å². The number of hydrogen-bond donors (Lipinski definition) is 10. The van der Waals surface area contributed by atoms with Crippen LogP contribution in [-0.2, 0) is 32.0 Å². The number of nitrogens with two attached hydrogens (primary N) is 3. The minimum absolute atomic E-state index is 0.0152. The van der Waals surface area contributed by atoms with Crippen molar-refractivity contribution in [3.8, 4) is 5.75 Å². The first kappa shape index (κ1) is 33.7. The topological polar surface area (TPSA) is 251 Å². The maximum absolute atomic E-state index is 13.3. The monoisotopic (exact) mass is 626 g/mol. The molecule has 4 unspecified atom stereocenters. The number of carbonyl (C=O) groups excluding carboxylic acids is 3. The van der Waals surface area contributed by atoms with Crippen molar-refractivity contribution in [2.24, 2.45) is 22.2 Å². The molecule has 3 amide bonds. The van der Waals surface area contributed by atoms with E-state index in [-0.39, 0.29) is 43.3 Å². The van der Waals surface area contributed by atoms with Crippen LogP contribution in [0.2, 0.25) is 0 Å². The molecular formula is C29H38N8O6S. The first-order chi connectivity index (χ1) is 21.0. The van der Waals surface area contributed by atoms with Crippen LogP contribution in [0.1, 0.15) is 24.0 Å². The summed E-state index contributed by atoms with van der Waals surface area (Å²) in [6.07, 6.45) is 2.36. The summed E-state index contributed by atoms with van der Waals surface area (Å²) in [5.41, 5.74) is 19.3. The highest BCUT2D eigenvalue weighted by Gasteiger charge is 2.30. The first-order valence-electron chi connectivity index (χ1n) is 13.9. The van der Waals surface area contributed by atoms with E-state index in [9.17, 15) is 29.4 Å².